The number of fused-ring (bicyclic) bond motifs is 3. The third-order valence-corrected chi connectivity index (χ3v) is 5.84. The van der Waals surface area contributed by atoms with Gasteiger partial charge >= 0.3 is 12.1 Å². The van der Waals surface area contributed by atoms with Gasteiger partial charge in [-0.3, -0.25) is 10.1 Å². The van der Waals surface area contributed by atoms with Crippen LogP contribution in [0.15, 0.2) is 66.7 Å². The van der Waals surface area contributed by atoms with E-state index < -0.39 is 29.9 Å². The van der Waals surface area contributed by atoms with Crippen LogP contribution in [-0.2, 0) is 14.3 Å². The van der Waals surface area contributed by atoms with Crippen molar-refractivity contribution in [1.29, 1.82) is 0 Å². The van der Waals surface area contributed by atoms with Gasteiger partial charge in [-0.25, -0.2) is 14.0 Å². The molecule has 0 bridgehead atoms. The molecule has 0 aliphatic heterocycles. The largest absolute Gasteiger partial charge is 0.479 e. The van der Waals surface area contributed by atoms with Crippen molar-refractivity contribution in [2.24, 2.45) is 0 Å². The number of nitrogens with one attached hydrogen (secondary N) is 2. The van der Waals surface area contributed by atoms with Gasteiger partial charge in [-0.1, -0.05) is 54.6 Å². The first-order valence-corrected chi connectivity index (χ1v) is 10.8. The van der Waals surface area contributed by atoms with Crippen LogP contribution in [0.1, 0.15) is 27.4 Å². The number of hydrogen-bond donors (Lipinski definition) is 3. The molecule has 4 rings (SSSR count). The molecule has 0 spiro atoms. The van der Waals surface area contributed by atoms with Crippen molar-refractivity contribution in [3.8, 4) is 11.1 Å². The second kappa shape index (κ2) is 10.4. The Balaban J connectivity index is 1.46. The van der Waals surface area contributed by atoms with Gasteiger partial charge < -0.3 is 19.9 Å². The lowest BCUT2D eigenvalue weighted by molar-refractivity contribution is -0.148. The molecule has 0 heterocycles. The number of benzene rings is 3. The summed E-state index contributed by atoms with van der Waals surface area (Å²) in [5.74, 6) is -3.06. The minimum Gasteiger partial charge on any atom is -0.479 e. The fraction of sp³-hybridized carbons (Fsp3) is 0.192. The number of anilines is 1. The van der Waals surface area contributed by atoms with Crippen molar-refractivity contribution in [2.45, 2.75) is 12.0 Å². The summed E-state index contributed by atoms with van der Waals surface area (Å²) in [7, 11) is 1.19. The second-order valence-corrected chi connectivity index (χ2v) is 7.89. The maximum absolute atomic E-state index is 14.5. The fourth-order valence-corrected chi connectivity index (χ4v) is 4.13. The van der Waals surface area contributed by atoms with Crippen LogP contribution in [-0.4, -0.2) is 49.4 Å². The molecule has 0 fully saturated rings. The molecule has 8 nitrogen and oxygen atoms in total. The summed E-state index contributed by atoms with van der Waals surface area (Å²) >= 11 is 0. The molecule has 0 radical (unpaired) electrons. The first kappa shape index (κ1) is 23.9. The SMILES string of the molecule is COC(CNC(=O)c1cccc(F)c1NC(=O)OCC1c2ccccc2-c2ccccc21)C(=O)O. The third-order valence-electron chi connectivity index (χ3n) is 5.84. The molecule has 3 N–H and O–H groups in total. The molecule has 0 saturated heterocycles. The molecule has 1 unspecified atom stereocenters. The first-order valence-electron chi connectivity index (χ1n) is 10.8. The van der Waals surface area contributed by atoms with Gasteiger partial charge in [0.15, 0.2) is 6.10 Å². The highest BCUT2D eigenvalue weighted by molar-refractivity contribution is 6.03. The van der Waals surface area contributed by atoms with Crippen molar-refractivity contribution in [2.75, 3.05) is 25.6 Å². The Hall–Kier alpha value is -4.24. The highest BCUT2D eigenvalue weighted by Crippen LogP contribution is 2.44. The van der Waals surface area contributed by atoms with Gasteiger partial charge in [-0.05, 0) is 34.4 Å². The average Bonchev–Trinajstić information content (AvgIpc) is 3.17. The van der Waals surface area contributed by atoms with Gasteiger partial charge in [-0.2, -0.15) is 0 Å². The number of methoxy groups -OCH3 is 1. The number of aliphatic carboxylic acids is 1. The molecular formula is C26H23FN2O6. The van der Waals surface area contributed by atoms with Crippen LogP contribution in [0.2, 0.25) is 0 Å². The molecule has 9 heteroatoms. The summed E-state index contributed by atoms with van der Waals surface area (Å²) in [5, 5.41) is 13.7. The zero-order valence-electron chi connectivity index (χ0n) is 18.8. The van der Waals surface area contributed by atoms with Crippen LogP contribution in [0.25, 0.3) is 11.1 Å². The topological polar surface area (TPSA) is 114 Å². The number of halogens is 1. The van der Waals surface area contributed by atoms with E-state index in [-0.39, 0.29) is 30.3 Å². The maximum atomic E-state index is 14.5. The van der Waals surface area contributed by atoms with E-state index in [1.54, 1.807) is 0 Å². The number of carboxylic acid groups (broad SMARTS) is 1. The lowest BCUT2D eigenvalue weighted by Crippen LogP contribution is -2.38. The zero-order chi connectivity index (χ0) is 24.9. The second-order valence-electron chi connectivity index (χ2n) is 7.89. The Labute approximate surface area is 200 Å². The lowest BCUT2D eigenvalue weighted by Gasteiger charge is -2.16. The Morgan fingerprint density at radius 1 is 0.971 bits per heavy atom. The van der Waals surface area contributed by atoms with Crippen LogP contribution in [0.4, 0.5) is 14.9 Å². The van der Waals surface area contributed by atoms with Gasteiger partial charge in [0.25, 0.3) is 5.91 Å². The van der Waals surface area contributed by atoms with E-state index in [1.165, 1.54) is 19.2 Å². The van der Waals surface area contributed by atoms with E-state index in [1.807, 2.05) is 48.5 Å². The van der Waals surface area contributed by atoms with Crippen molar-refractivity contribution in [3.63, 3.8) is 0 Å². The number of carbonyl (C=O) groups is 3. The van der Waals surface area contributed by atoms with Crippen LogP contribution >= 0.6 is 0 Å². The normalized spacial score (nSPS) is 12.9. The molecule has 3 aromatic rings. The molecule has 1 aliphatic carbocycles. The highest BCUT2D eigenvalue weighted by atomic mass is 19.1. The number of rotatable bonds is 8. The number of ether oxygens (including phenoxy) is 2. The summed E-state index contributed by atoms with van der Waals surface area (Å²) in [5.41, 5.74) is 3.64. The number of hydrogen-bond acceptors (Lipinski definition) is 5. The number of carbonyl (C=O) groups excluding carboxylic acids is 2. The van der Waals surface area contributed by atoms with Crippen LogP contribution in [0.5, 0.6) is 0 Å². The Kier molecular flexibility index (Phi) is 7.07. The number of amides is 2. The smallest absolute Gasteiger partial charge is 0.411 e. The minimum absolute atomic E-state index is 0.0178. The van der Waals surface area contributed by atoms with E-state index in [9.17, 15) is 18.8 Å². The van der Waals surface area contributed by atoms with Crippen LogP contribution in [0, 0.1) is 5.82 Å². The van der Waals surface area contributed by atoms with E-state index in [4.69, 9.17) is 14.6 Å². The Morgan fingerprint density at radius 2 is 1.60 bits per heavy atom. The molecule has 1 aliphatic rings. The standard InChI is InChI=1S/C26H23FN2O6/c1-34-22(25(31)32)13-28-24(30)19-11-6-12-21(27)23(19)29-26(33)35-14-20-17-9-4-2-7-15(17)16-8-3-5-10-18(16)20/h2-12,20,22H,13-14H2,1H3,(H,28,30)(H,29,33)(H,31,32). The summed E-state index contributed by atoms with van der Waals surface area (Å²) in [6.45, 7) is -0.324. The summed E-state index contributed by atoms with van der Waals surface area (Å²) in [6, 6.07) is 19.4. The van der Waals surface area contributed by atoms with Crippen molar-refractivity contribution >= 4 is 23.7 Å². The van der Waals surface area contributed by atoms with Gasteiger partial charge in [-0.15, -0.1) is 0 Å². The first-order chi connectivity index (χ1) is 16.9. The predicted molar refractivity (Wildman–Crippen MR) is 126 cm³/mol. The number of carboxylic acids is 1. The average molecular weight is 478 g/mol. The van der Waals surface area contributed by atoms with Crippen molar-refractivity contribution in [1.82, 2.24) is 5.32 Å². The molecular weight excluding hydrogens is 455 g/mol. The monoisotopic (exact) mass is 478 g/mol. The van der Waals surface area contributed by atoms with E-state index in [0.717, 1.165) is 28.3 Å². The number of para-hydroxylation sites is 1. The van der Waals surface area contributed by atoms with Gasteiger partial charge in [0.2, 0.25) is 0 Å². The minimum atomic E-state index is -1.27. The predicted octanol–water partition coefficient (Wildman–Crippen LogP) is 4.02. The highest BCUT2D eigenvalue weighted by Gasteiger charge is 2.29. The molecule has 0 saturated carbocycles. The fourth-order valence-electron chi connectivity index (χ4n) is 4.13. The zero-order valence-corrected chi connectivity index (χ0v) is 18.8. The van der Waals surface area contributed by atoms with E-state index in [0.29, 0.717) is 0 Å². The van der Waals surface area contributed by atoms with Crippen LogP contribution < -0.4 is 10.6 Å². The molecule has 180 valence electrons. The Bertz CT molecular complexity index is 1230. The third kappa shape index (κ3) is 4.99. The maximum Gasteiger partial charge on any atom is 0.411 e. The Morgan fingerprint density at radius 3 is 2.20 bits per heavy atom. The molecule has 2 amide bonds. The van der Waals surface area contributed by atoms with Crippen LogP contribution in [0.3, 0.4) is 0 Å². The molecule has 35 heavy (non-hydrogen) atoms. The van der Waals surface area contributed by atoms with E-state index in [2.05, 4.69) is 10.6 Å². The molecule has 1 atom stereocenters. The van der Waals surface area contributed by atoms with Gasteiger partial charge in [0.05, 0.1) is 17.8 Å². The molecule has 3 aromatic carbocycles. The van der Waals surface area contributed by atoms with Crippen molar-refractivity contribution in [3.05, 3.63) is 89.2 Å². The molecule has 0 aromatic heterocycles. The van der Waals surface area contributed by atoms with Crippen molar-refractivity contribution < 1.29 is 33.4 Å². The van der Waals surface area contributed by atoms with Gasteiger partial charge in [0, 0.05) is 13.0 Å². The summed E-state index contributed by atoms with van der Waals surface area (Å²) in [6.07, 6.45) is -2.20. The summed E-state index contributed by atoms with van der Waals surface area (Å²) < 4.78 is 24.7. The lowest BCUT2D eigenvalue weighted by atomic mass is 9.98. The quantitative estimate of drug-likeness (QED) is 0.451. The van der Waals surface area contributed by atoms with Gasteiger partial charge in [0.1, 0.15) is 12.4 Å². The van der Waals surface area contributed by atoms with E-state index >= 15 is 0 Å². The summed E-state index contributed by atoms with van der Waals surface area (Å²) in [4.78, 5) is 36.2.